The van der Waals surface area contributed by atoms with E-state index in [0.29, 0.717) is 34.7 Å². The number of amides is 1. The maximum atomic E-state index is 13.7. The predicted molar refractivity (Wildman–Crippen MR) is 167 cm³/mol. The number of likely N-dealkylation sites (N-methyl/N-ethyl adjacent to an activating group) is 1. The van der Waals surface area contributed by atoms with Gasteiger partial charge in [-0.3, -0.25) is 4.79 Å². The number of anilines is 2. The van der Waals surface area contributed by atoms with Crippen LogP contribution >= 0.6 is 11.6 Å². The van der Waals surface area contributed by atoms with Crippen LogP contribution < -0.4 is 10.6 Å². The Morgan fingerprint density at radius 2 is 1.88 bits per heavy atom. The van der Waals surface area contributed by atoms with E-state index in [4.69, 9.17) is 20.8 Å². The lowest BCUT2D eigenvalue weighted by Gasteiger charge is -2.20. The van der Waals surface area contributed by atoms with Crippen molar-refractivity contribution in [2.24, 2.45) is 0 Å². The van der Waals surface area contributed by atoms with Gasteiger partial charge in [0.2, 0.25) is 16.8 Å². The number of rotatable bonds is 12. The van der Waals surface area contributed by atoms with Gasteiger partial charge in [0.15, 0.2) is 0 Å². The van der Waals surface area contributed by atoms with Crippen LogP contribution in [-0.2, 0) is 16.1 Å². The van der Waals surface area contributed by atoms with Gasteiger partial charge in [-0.05, 0) is 66.7 Å². The highest BCUT2D eigenvalue weighted by atomic mass is 35.5. The number of hydrogen-bond acceptors (Lipinski definition) is 7. The van der Waals surface area contributed by atoms with Gasteiger partial charge in [0, 0.05) is 18.3 Å². The molecule has 1 amide bonds. The lowest BCUT2D eigenvalue weighted by molar-refractivity contribution is -0.111. The summed E-state index contributed by atoms with van der Waals surface area (Å²) in [5.74, 6) is -0.0484. The van der Waals surface area contributed by atoms with Crippen LogP contribution in [0.25, 0.3) is 22.2 Å². The SMILES string of the molecule is CN(C)C/C=C/C(=O)Nc1cccc(-c2c(Cl)oc3ncnc(N[C@H](COCc4cccc(F)c4)c4ccccc4)c23)c1. The van der Waals surface area contributed by atoms with Crippen molar-refractivity contribution in [2.75, 3.05) is 37.9 Å². The number of hydrogen-bond donors (Lipinski definition) is 2. The molecular formula is C33H31ClFN5O3. The third kappa shape index (κ3) is 7.84. The summed E-state index contributed by atoms with van der Waals surface area (Å²) in [7, 11) is 3.86. The van der Waals surface area contributed by atoms with E-state index >= 15 is 0 Å². The third-order valence-corrected chi connectivity index (χ3v) is 6.83. The topological polar surface area (TPSA) is 92.5 Å². The summed E-state index contributed by atoms with van der Waals surface area (Å²) in [4.78, 5) is 23.3. The quantitative estimate of drug-likeness (QED) is 0.148. The van der Waals surface area contributed by atoms with Crippen LogP contribution in [0.15, 0.2) is 102 Å². The first-order chi connectivity index (χ1) is 20.9. The van der Waals surface area contributed by atoms with E-state index in [-0.39, 0.29) is 36.2 Å². The Labute approximate surface area is 254 Å². The standard InChI is InChI=1S/C33H31ClFN5O3/c1-40(2)16-8-15-28(41)38-26-14-7-12-24(18-26)29-30-32(36-21-37-33(30)43-31(29)34)39-27(23-10-4-3-5-11-23)20-42-19-22-9-6-13-25(35)17-22/h3-15,17-18,21,27H,16,19-20H2,1-2H3,(H,38,41)(H,36,37,39)/b15-8+/t27-/m1/s1. The molecule has 2 N–H and O–H groups in total. The second-order valence-corrected chi connectivity index (χ2v) is 10.5. The van der Waals surface area contributed by atoms with Gasteiger partial charge >= 0.3 is 0 Å². The van der Waals surface area contributed by atoms with E-state index in [1.807, 2.05) is 73.6 Å². The zero-order valence-corrected chi connectivity index (χ0v) is 24.5. The zero-order valence-electron chi connectivity index (χ0n) is 23.8. The molecule has 0 aliphatic rings. The first-order valence-electron chi connectivity index (χ1n) is 13.7. The van der Waals surface area contributed by atoms with E-state index in [9.17, 15) is 9.18 Å². The first kappa shape index (κ1) is 29.9. The lowest BCUT2D eigenvalue weighted by atomic mass is 10.0. The molecule has 0 aliphatic carbocycles. The molecule has 220 valence electrons. The maximum Gasteiger partial charge on any atom is 0.248 e. The molecule has 10 heteroatoms. The molecule has 0 spiro atoms. The summed E-state index contributed by atoms with van der Waals surface area (Å²) >= 11 is 6.63. The largest absolute Gasteiger partial charge is 0.425 e. The lowest BCUT2D eigenvalue weighted by Crippen LogP contribution is -2.18. The van der Waals surface area contributed by atoms with Crippen molar-refractivity contribution in [1.29, 1.82) is 0 Å². The molecule has 3 aromatic carbocycles. The number of benzene rings is 3. The highest BCUT2D eigenvalue weighted by Crippen LogP contribution is 2.41. The molecule has 0 aliphatic heterocycles. The smallest absolute Gasteiger partial charge is 0.248 e. The summed E-state index contributed by atoms with van der Waals surface area (Å²) in [6.45, 7) is 1.17. The Hall–Kier alpha value is -4.57. The van der Waals surface area contributed by atoms with Crippen molar-refractivity contribution < 1.29 is 18.3 Å². The van der Waals surface area contributed by atoms with Crippen molar-refractivity contribution >= 4 is 40.1 Å². The highest BCUT2D eigenvalue weighted by Gasteiger charge is 2.22. The summed E-state index contributed by atoms with van der Waals surface area (Å²) in [5.41, 5.74) is 3.92. The van der Waals surface area contributed by atoms with Crippen LogP contribution in [0.1, 0.15) is 17.2 Å². The number of aromatic nitrogens is 2. The third-order valence-electron chi connectivity index (χ3n) is 6.56. The highest BCUT2D eigenvalue weighted by molar-refractivity contribution is 6.34. The number of fused-ring (bicyclic) bond motifs is 1. The van der Waals surface area contributed by atoms with Crippen LogP contribution in [0.4, 0.5) is 15.9 Å². The maximum absolute atomic E-state index is 13.7. The van der Waals surface area contributed by atoms with E-state index in [1.165, 1.54) is 24.5 Å². The molecule has 0 fully saturated rings. The van der Waals surface area contributed by atoms with Crippen molar-refractivity contribution in [2.45, 2.75) is 12.6 Å². The molecule has 0 radical (unpaired) electrons. The van der Waals surface area contributed by atoms with Gasteiger partial charge in [-0.1, -0.05) is 60.7 Å². The number of nitrogens with one attached hydrogen (secondary N) is 2. The molecule has 0 saturated carbocycles. The van der Waals surface area contributed by atoms with Crippen LogP contribution in [0.3, 0.4) is 0 Å². The Bertz CT molecular complexity index is 1720. The van der Waals surface area contributed by atoms with Gasteiger partial charge in [0.25, 0.3) is 0 Å². The van der Waals surface area contributed by atoms with Crippen molar-refractivity contribution in [1.82, 2.24) is 14.9 Å². The average molecular weight is 600 g/mol. The van der Waals surface area contributed by atoms with E-state index < -0.39 is 0 Å². The fraction of sp³-hybridized carbons (Fsp3) is 0.182. The molecule has 43 heavy (non-hydrogen) atoms. The normalized spacial score (nSPS) is 12.2. The minimum absolute atomic E-state index is 0.145. The molecule has 5 rings (SSSR count). The minimum atomic E-state index is -0.311. The summed E-state index contributed by atoms with van der Waals surface area (Å²) in [6, 6.07) is 23.2. The molecule has 1 atom stereocenters. The van der Waals surface area contributed by atoms with Gasteiger partial charge in [-0.2, -0.15) is 0 Å². The molecule has 0 bridgehead atoms. The number of halogens is 2. The summed E-state index contributed by atoms with van der Waals surface area (Å²) in [6.07, 6.45) is 4.70. The van der Waals surface area contributed by atoms with Gasteiger partial charge in [-0.15, -0.1) is 0 Å². The molecule has 8 nitrogen and oxygen atoms in total. The number of nitrogens with zero attached hydrogens (tertiary/aromatic N) is 3. The number of ether oxygens (including phenoxy) is 1. The molecule has 0 saturated heterocycles. The predicted octanol–water partition coefficient (Wildman–Crippen LogP) is 7.11. The summed E-state index contributed by atoms with van der Waals surface area (Å²) < 4.78 is 25.5. The molecule has 2 heterocycles. The fourth-order valence-corrected chi connectivity index (χ4v) is 4.85. The minimum Gasteiger partial charge on any atom is -0.425 e. The van der Waals surface area contributed by atoms with Crippen LogP contribution in [0, 0.1) is 5.82 Å². The van der Waals surface area contributed by atoms with Gasteiger partial charge in [-0.25, -0.2) is 14.4 Å². The van der Waals surface area contributed by atoms with Crippen molar-refractivity contribution in [3.8, 4) is 11.1 Å². The zero-order chi connectivity index (χ0) is 30.2. The molecular weight excluding hydrogens is 569 g/mol. The molecule has 0 unspecified atom stereocenters. The van der Waals surface area contributed by atoms with Crippen molar-refractivity contribution in [3.63, 3.8) is 0 Å². The van der Waals surface area contributed by atoms with E-state index in [2.05, 4.69) is 20.6 Å². The van der Waals surface area contributed by atoms with Gasteiger partial charge in [0.1, 0.15) is 18.0 Å². The Kier molecular flexibility index (Phi) is 9.78. The average Bonchev–Trinajstić information content (AvgIpc) is 3.33. The van der Waals surface area contributed by atoms with Crippen LogP contribution in [0.5, 0.6) is 0 Å². The number of carbonyl (C=O) groups excluding carboxylic acids is 1. The van der Waals surface area contributed by atoms with Crippen LogP contribution in [0.2, 0.25) is 5.22 Å². The number of furan rings is 1. The Morgan fingerprint density at radius 3 is 2.67 bits per heavy atom. The summed E-state index contributed by atoms with van der Waals surface area (Å²) in [5, 5.41) is 7.11. The Morgan fingerprint density at radius 1 is 1.07 bits per heavy atom. The van der Waals surface area contributed by atoms with E-state index in [0.717, 1.165) is 16.7 Å². The van der Waals surface area contributed by atoms with Gasteiger partial charge < -0.3 is 24.7 Å². The van der Waals surface area contributed by atoms with Gasteiger partial charge in [0.05, 0.1) is 30.2 Å². The molecule has 5 aromatic rings. The second-order valence-electron chi connectivity index (χ2n) is 10.1. The first-order valence-corrected chi connectivity index (χ1v) is 14.0. The monoisotopic (exact) mass is 599 g/mol. The van der Waals surface area contributed by atoms with Crippen LogP contribution in [-0.4, -0.2) is 48.0 Å². The number of carbonyl (C=O) groups is 1. The van der Waals surface area contributed by atoms with Crippen molar-refractivity contribution in [3.05, 3.63) is 120 Å². The Balaban J connectivity index is 1.43. The fourth-order valence-electron chi connectivity index (χ4n) is 4.57. The van der Waals surface area contributed by atoms with E-state index in [1.54, 1.807) is 18.2 Å². The second kappa shape index (κ2) is 14.1. The molecule has 2 aromatic heterocycles.